The van der Waals surface area contributed by atoms with E-state index >= 15 is 0 Å². The molecule has 2 rings (SSSR count). The summed E-state index contributed by atoms with van der Waals surface area (Å²) < 4.78 is 0.784. The molecule has 1 aromatic rings. The fraction of sp³-hybridized carbons (Fsp3) is 0.500. The molecule has 14 heavy (non-hydrogen) atoms. The first kappa shape index (κ1) is 10.9. The van der Waals surface area contributed by atoms with Crippen molar-refractivity contribution in [1.29, 1.82) is 0 Å². The predicted molar refractivity (Wildman–Crippen MR) is 73.6 cm³/mol. The van der Waals surface area contributed by atoms with Crippen LogP contribution in [0.1, 0.15) is 30.7 Å². The average molecular weight is 365 g/mol. The molecule has 0 heterocycles. The van der Waals surface area contributed by atoms with E-state index in [0.717, 1.165) is 14.7 Å². The lowest BCUT2D eigenvalue weighted by Crippen LogP contribution is -2.23. The van der Waals surface area contributed by atoms with Crippen LogP contribution in [0.3, 0.4) is 0 Å². The normalized spacial score (nSPS) is 32.9. The lowest BCUT2D eigenvalue weighted by Gasteiger charge is -2.30. The van der Waals surface area contributed by atoms with E-state index < -0.39 is 0 Å². The zero-order chi connectivity index (χ0) is 9.97. The molecule has 1 aromatic carbocycles. The summed E-state index contributed by atoms with van der Waals surface area (Å²) in [5.74, 6) is 0.784. The van der Waals surface area contributed by atoms with E-state index in [0.29, 0.717) is 0 Å². The molecule has 0 amide bonds. The van der Waals surface area contributed by atoms with Gasteiger partial charge in [0.15, 0.2) is 0 Å². The molecule has 1 aliphatic carbocycles. The van der Waals surface area contributed by atoms with Crippen molar-refractivity contribution in [2.24, 2.45) is 0 Å². The highest BCUT2D eigenvalue weighted by atomic mass is 127. The first-order valence-corrected chi connectivity index (χ1v) is 7.26. The van der Waals surface area contributed by atoms with Gasteiger partial charge in [-0.3, -0.25) is 0 Å². The number of hydrogen-bond acceptors (Lipinski definition) is 0. The Morgan fingerprint density at radius 2 is 1.86 bits per heavy atom. The van der Waals surface area contributed by atoms with Crippen molar-refractivity contribution >= 4 is 38.5 Å². The van der Waals surface area contributed by atoms with Gasteiger partial charge in [-0.25, -0.2) is 0 Å². The van der Waals surface area contributed by atoms with Gasteiger partial charge in [-0.2, -0.15) is 0 Å². The molecule has 0 nitrogen and oxygen atoms in total. The molecule has 0 saturated heterocycles. The minimum absolute atomic E-state index is 0.725. The van der Waals surface area contributed by atoms with Crippen molar-refractivity contribution < 1.29 is 0 Å². The molecule has 0 aliphatic heterocycles. The zero-order valence-corrected chi connectivity index (χ0v) is 11.7. The van der Waals surface area contributed by atoms with E-state index in [1.807, 2.05) is 0 Å². The molecule has 1 fully saturated rings. The molecule has 2 heteroatoms. The molecule has 3 atom stereocenters. The highest BCUT2D eigenvalue weighted by Gasteiger charge is 2.27. The molecule has 76 valence electrons. The van der Waals surface area contributed by atoms with Crippen LogP contribution in [0.25, 0.3) is 0 Å². The quantitative estimate of drug-likeness (QED) is 0.507. The fourth-order valence-corrected chi connectivity index (χ4v) is 3.56. The highest BCUT2D eigenvalue weighted by molar-refractivity contribution is 14.1. The monoisotopic (exact) mass is 364 g/mol. The van der Waals surface area contributed by atoms with Crippen LogP contribution >= 0.6 is 38.5 Å². The van der Waals surface area contributed by atoms with Gasteiger partial charge in [-0.15, -0.1) is 0 Å². The summed E-state index contributed by atoms with van der Waals surface area (Å²) in [6.45, 7) is 0. The van der Waals surface area contributed by atoms with Crippen LogP contribution in [-0.2, 0) is 0 Å². The van der Waals surface area contributed by atoms with E-state index in [4.69, 9.17) is 0 Å². The predicted octanol–water partition coefficient (Wildman–Crippen LogP) is 4.52. The number of rotatable bonds is 1. The summed E-state index contributed by atoms with van der Waals surface area (Å²) in [7, 11) is 0. The molecular formula is C12H14BrI. The van der Waals surface area contributed by atoms with Crippen molar-refractivity contribution in [3.8, 4) is 0 Å². The Bertz CT molecular complexity index is 286. The molecule has 0 aromatic heterocycles. The Morgan fingerprint density at radius 1 is 1.14 bits per heavy atom. The van der Waals surface area contributed by atoms with E-state index in [1.54, 1.807) is 0 Å². The fourth-order valence-electron chi connectivity index (χ4n) is 2.11. The Balaban J connectivity index is 2.07. The van der Waals surface area contributed by atoms with Gasteiger partial charge in [-0.1, -0.05) is 68.9 Å². The van der Waals surface area contributed by atoms with Gasteiger partial charge < -0.3 is 0 Å². The third-order valence-electron chi connectivity index (χ3n) is 2.96. The topological polar surface area (TPSA) is 0 Å². The van der Waals surface area contributed by atoms with Crippen molar-refractivity contribution in [1.82, 2.24) is 0 Å². The lowest BCUT2D eigenvalue weighted by molar-refractivity contribution is 0.476. The maximum absolute atomic E-state index is 3.75. The molecule has 0 radical (unpaired) electrons. The summed E-state index contributed by atoms with van der Waals surface area (Å²) in [5, 5.41) is 0. The largest absolute Gasteiger partial charge is 0.0879 e. The molecule has 1 saturated carbocycles. The average Bonchev–Trinajstić information content (AvgIpc) is 2.23. The van der Waals surface area contributed by atoms with E-state index in [1.165, 1.54) is 24.8 Å². The smallest absolute Gasteiger partial charge is 0.0264 e. The molecule has 0 N–H and O–H groups in total. The molecular weight excluding hydrogens is 351 g/mol. The van der Waals surface area contributed by atoms with Gasteiger partial charge in [0.2, 0.25) is 0 Å². The number of benzene rings is 1. The van der Waals surface area contributed by atoms with E-state index in [-0.39, 0.29) is 0 Å². The summed E-state index contributed by atoms with van der Waals surface area (Å²) >= 11 is 6.32. The molecule has 0 spiro atoms. The number of halogens is 2. The summed E-state index contributed by atoms with van der Waals surface area (Å²) in [6, 6.07) is 10.9. The van der Waals surface area contributed by atoms with Gasteiger partial charge in [0.05, 0.1) is 0 Å². The Labute approximate surface area is 108 Å². The van der Waals surface area contributed by atoms with Gasteiger partial charge >= 0.3 is 0 Å². The minimum Gasteiger partial charge on any atom is -0.0879 e. The minimum atomic E-state index is 0.725. The van der Waals surface area contributed by atoms with Crippen LogP contribution in [0.5, 0.6) is 0 Å². The molecule has 0 bridgehead atoms. The summed E-state index contributed by atoms with van der Waals surface area (Å²) in [6.07, 6.45) is 3.97. The second-order valence-electron chi connectivity index (χ2n) is 3.95. The lowest BCUT2D eigenvalue weighted by atomic mass is 9.84. The van der Waals surface area contributed by atoms with Crippen molar-refractivity contribution in [3.63, 3.8) is 0 Å². The third-order valence-corrected chi connectivity index (χ3v) is 6.42. The van der Waals surface area contributed by atoms with Gasteiger partial charge in [-0.05, 0) is 30.7 Å². The van der Waals surface area contributed by atoms with Crippen molar-refractivity contribution in [2.45, 2.75) is 33.9 Å². The van der Waals surface area contributed by atoms with E-state index in [9.17, 15) is 0 Å². The second kappa shape index (κ2) is 4.97. The maximum atomic E-state index is 3.75. The van der Waals surface area contributed by atoms with Crippen molar-refractivity contribution in [3.05, 3.63) is 35.9 Å². The maximum Gasteiger partial charge on any atom is 0.0264 e. The van der Waals surface area contributed by atoms with Crippen LogP contribution in [-0.4, -0.2) is 8.75 Å². The summed E-state index contributed by atoms with van der Waals surface area (Å²) in [5.41, 5.74) is 1.52. The Kier molecular flexibility index (Phi) is 3.88. The Morgan fingerprint density at radius 3 is 2.50 bits per heavy atom. The van der Waals surface area contributed by atoms with Gasteiger partial charge in [0, 0.05) is 8.75 Å². The molecule has 1 aliphatic rings. The SMILES string of the molecule is BrC1CCC(c2ccccc2)CC1I. The third kappa shape index (κ3) is 2.51. The van der Waals surface area contributed by atoms with E-state index in [2.05, 4.69) is 68.9 Å². The standard InChI is InChI=1S/C12H14BrI/c13-11-7-6-10(8-12(11)14)9-4-2-1-3-5-9/h1-5,10-12H,6-8H2. The molecule has 3 unspecified atom stereocenters. The van der Waals surface area contributed by atoms with Crippen LogP contribution in [0, 0.1) is 0 Å². The number of alkyl halides is 2. The number of hydrogen-bond donors (Lipinski definition) is 0. The van der Waals surface area contributed by atoms with Crippen LogP contribution in [0.2, 0.25) is 0 Å². The van der Waals surface area contributed by atoms with Crippen LogP contribution in [0.15, 0.2) is 30.3 Å². The van der Waals surface area contributed by atoms with Crippen LogP contribution < -0.4 is 0 Å². The first-order chi connectivity index (χ1) is 6.77. The highest BCUT2D eigenvalue weighted by Crippen LogP contribution is 2.39. The van der Waals surface area contributed by atoms with Gasteiger partial charge in [0.1, 0.15) is 0 Å². The Hall–Kier alpha value is 0.430. The summed E-state index contributed by atoms with van der Waals surface area (Å²) in [4.78, 5) is 0.725. The zero-order valence-electron chi connectivity index (χ0n) is 8.00. The first-order valence-electron chi connectivity index (χ1n) is 5.10. The second-order valence-corrected chi connectivity index (χ2v) is 6.73. The van der Waals surface area contributed by atoms with Crippen LogP contribution in [0.4, 0.5) is 0 Å². The van der Waals surface area contributed by atoms with Crippen molar-refractivity contribution in [2.75, 3.05) is 0 Å². The van der Waals surface area contributed by atoms with Gasteiger partial charge in [0.25, 0.3) is 0 Å².